The van der Waals surface area contributed by atoms with Crippen LogP contribution in [0.1, 0.15) is 11.1 Å². The maximum atomic E-state index is 13.8. The number of amides is 2. The minimum absolute atomic E-state index is 0.0539. The lowest BCUT2D eigenvalue weighted by atomic mass is 10.0. The highest BCUT2D eigenvalue weighted by Gasteiger charge is 2.26. The highest BCUT2D eigenvalue weighted by molar-refractivity contribution is 5.99. The number of anilines is 1. The number of methoxy groups -OCH3 is 1. The van der Waals surface area contributed by atoms with E-state index in [2.05, 4.69) is 5.32 Å². The molecule has 1 unspecified atom stereocenters. The Hall–Kier alpha value is -4.26. The van der Waals surface area contributed by atoms with Gasteiger partial charge in [-0.05, 0) is 58.3 Å². The normalized spacial score (nSPS) is 11.7. The summed E-state index contributed by atoms with van der Waals surface area (Å²) in [4.78, 5) is 27.8. The monoisotopic (exact) mass is 488 g/mol. The Kier molecular flexibility index (Phi) is 7.59. The maximum absolute atomic E-state index is 13.8. The molecule has 0 aliphatic heterocycles. The minimum atomic E-state index is -1.04. The molecule has 5 nitrogen and oxygen atoms in total. The molecule has 7 heteroatoms. The molecule has 1 N–H and O–H groups in total. The summed E-state index contributed by atoms with van der Waals surface area (Å²) in [6.45, 7) is 0. The third-order valence-corrected chi connectivity index (χ3v) is 5.96. The second-order valence-electron chi connectivity index (χ2n) is 8.56. The van der Waals surface area contributed by atoms with Crippen LogP contribution in [0.4, 0.5) is 14.5 Å². The smallest absolute Gasteiger partial charge is 0.249 e. The van der Waals surface area contributed by atoms with Gasteiger partial charge in [-0.1, -0.05) is 42.5 Å². The van der Waals surface area contributed by atoms with Crippen molar-refractivity contribution in [3.8, 4) is 5.75 Å². The van der Waals surface area contributed by atoms with Crippen LogP contribution in [-0.4, -0.2) is 32.0 Å². The fourth-order valence-corrected chi connectivity index (χ4v) is 4.11. The first-order valence-corrected chi connectivity index (χ1v) is 11.5. The van der Waals surface area contributed by atoms with Crippen LogP contribution in [0.25, 0.3) is 10.8 Å². The molecule has 0 aromatic heterocycles. The molecule has 0 bridgehead atoms. The van der Waals surface area contributed by atoms with E-state index in [-0.39, 0.29) is 24.3 Å². The summed E-state index contributed by atoms with van der Waals surface area (Å²) in [6, 6.07) is 22.5. The summed E-state index contributed by atoms with van der Waals surface area (Å²) in [5.41, 5.74) is 1.64. The minimum Gasteiger partial charge on any atom is -0.497 e. The SMILES string of the molecule is COc1ccc(N(C)C(=O)C(Cc2cc(F)cc(F)c2)NC(=O)Cc2ccc3ccccc3c2)cc1. The molecule has 0 heterocycles. The average Bonchev–Trinajstić information content (AvgIpc) is 2.87. The lowest BCUT2D eigenvalue weighted by molar-refractivity contribution is -0.127. The van der Waals surface area contributed by atoms with Crippen molar-refractivity contribution in [1.29, 1.82) is 0 Å². The van der Waals surface area contributed by atoms with Gasteiger partial charge in [0.15, 0.2) is 0 Å². The Bertz CT molecular complexity index is 1370. The fraction of sp³-hybridized carbons (Fsp3) is 0.172. The zero-order valence-corrected chi connectivity index (χ0v) is 20.0. The number of ether oxygens (including phenoxy) is 1. The molecule has 0 spiro atoms. The van der Waals surface area contributed by atoms with E-state index in [1.54, 1.807) is 38.4 Å². The fourth-order valence-electron chi connectivity index (χ4n) is 4.11. The van der Waals surface area contributed by atoms with Crippen LogP contribution >= 0.6 is 0 Å². The molecule has 0 aliphatic rings. The van der Waals surface area contributed by atoms with Crippen LogP contribution in [0.15, 0.2) is 84.9 Å². The average molecular weight is 489 g/mol. The van der Waals surface area contributed by atoms with Crippen molar-refractivity contribution in [2.45, 2.75) is 18.9 Å². The van der Waals surface area contributed by atoms with Gasteiger partial charge in [0.05, 0.1) is 13.5 Å². The maximum Gasteiger partial charge on any atom is 0.249 e. The molecule has 2 amide bonds. The van der Waals surface area contributed by atoms with Crippen molar-refractivity contribution in [2.24, 2.45) is 0 Å². The van der Waals surface area contributed by atoms with Gasteiger partial charge in [0.2, 0.25) is 11.8 Å². The van der Waals surface area contributed by atoms with Crippen LogP contribution in [0, 0.1) is 11.6 Å². The van der Waals surface area contributed by atoms with Crippen LogP contribution in [-0.2, 0) is 22.4 Å². The molecule has 0 saturated heterocycles. The Morgan fingerprint density at radius 2 is 1.53 bits per heavy atom. The first-order chi connectivity index (χ1) is 17.3. The number of benzene rings is 4. The number of rotatable bonds is 8. The number of halogens is 2. The second kappa shape index (κ2) is 11.0. The molecule has 0 aliphatic carbocycles. The van der Waals surface area contributed by atoms with Gasteiger partial charge in [-0.3, -0.25) is 9.59 Å². The third kappa shape index (κ3) is 6.05. The van der Waals surface area contributed by atoms with Gasteiger partial charge < -0.3 is 15.0 Å². The molecule has 36 heavy (non-hydrogen) atoms. The Labute approximate surface area is 208 Å². The number of carbonyl (C=O) groups is 2. The third-order valence-electron chi connectivity index (χ3n) is 5.96. The quantitative estimate of drug-likeness (QED) is 0.377. The topological polar surface area (TPSA) is 58.6 Å². The zero-order valence-electron chi connectivity index (χ0n) is 20.0. The summed E-state index contributed by atoms with van der Waals surface area (Å²) in [5.74, 6) is -1.65. The zero-order chi connectivity index (χ0) is 25.7. The summed E-state index contributed by atoms with van der Waals surface area (Å²) < 4.78 is 32.8. The molecule has 0 radical (unpaired) electrons. The lowest BCUT2D eigenvalue weighted by Gasteiger charge is -2.25. The first kappa shape index (κ1) is 24.9. The van der Waals surface area contributed by atoms with E-state index < -0.39 is 23.6 Å². The first-order valence-electron chi connectivity index (χ1n) is 11.5. The van der Waals surface area contributed by atoms with Crippen LogP contribution in [0.3, 0.4) is 0 Å². The summed E-state index contributed by atoms with van der Waals surface area (Å²) in [7, 11) is 3.13. The van der Waals surface area contributed by atoms with E-state index in [9.17, 15) is 18.4 Å². The van der Waals surface area contributed by atoms with Crippen molar-refractivity contribution in [2.75, 3.05) is 19.1 Å². The van der Waals surface area contributed by atoms with Crippen molar-refractivity contribution >= 4 is 28.3 Å². The predicted molar refractivity (Wildman–Crippen MR) is 136 cm³/mol. The van der Waals surface area contributed by atoms with Crippen molar-refractivity contribution in [3.05, 3.63) is 108 Å². The number of hydrogen-bond donors (Lipinski definition) is 1. The number of nitrogens with one attached hydrogen (secondary N) is 1. The van der Waals surface area contributed by atoms with E-state index in [1.165, 1.54) is 4.90 Å². The van der Waals surface area contributed by atoms with Gasteiger partial charge in [-0.15, -0.1) is 0 Å². The van der Waals surface area contributed by atoms with E-state index >= 15 is 0 Å². The van der Waals surface area contributed by atoms with E-state index in [0.29, 0.717) is 11.4 Å². The molecule has 4 rings (SSSR count). The van der Waals surface area contributed by atoms with Crippen LogP contribution in [0.2, 0.25) is 0 Å². The summed E-state index contributed by atoms with van der Waals surface area (Å²) >= 11 is 0. The molecule has 1 atom stereocenters. The molecular formula is C29H26F2N2O3. The predicted octanol–water partition coefficient (Wildman–Crippen LogP) is 5.06. The van der Waals surface area contributed by atoms with Crippen LogP contribution in [0.5, 0.6) is 5.75 Å². The number of fused-ring (bicyclic) bond motifs is 1. The Balaban J connectivity index is 1.55. The molecule has 0 saturated carbocycles. The standard InChI is InChI=1S/C29H26F2N2O3/c1-33(25-9-11-26(36-2)12-10-25)29(35)27(16-20-14-23(30)18-24(31)15-20)32-28(34)17-19-7-8-21-5-3-4-6-22(21)13-19/h3-15,18,27H,16-17H2,1-2H3,(H,32,34). The largest absolute Gasteiger partial charge is 0.497 e. The van der Waals surface area contributed by atoms with Gasteiger partial charge in [0.1, 0.15) is 23.4 Å². The lowest BCUT2D eigenvalue weighted by Crippen LogP contribution is -2.49. The molecule has 4 aromatic rings. The van der Waals surface area contributed by atoms with Crippen molar-refractivity contribution in [3.63, 3.8) is 0 Å². The van der Waals surface area contributed by atoms with E-state index in [1.807, 2.05) is 42.5 Å². The van der Waals surface area contributed by atoms with Gasteiger partial charge in [-0.25, -0.2) is 8.78 Å². The highest BCUT2D eigenvalue weighted by atomic mass is 19.1. The molecule has 0 fully saturated rings. The van der Waals surface area contributed by atoms with Gasteiger partial charge in [0, 0.05) is 25.2 Å². The van der Waals surface area contributed by atoms with E-state index in [0.717, 1.165) is 34.5 Å². The Morgan fingerprint density at radius 3 is 2.19 bits per heavy atom. The van der Waals surface area contributed by atoms with Gasteiger partial charge >= 0.3 is 0 Å². The van der Waals surface area contributed by atoms with Crippen LogP contribution < -0.4 is 15.0 Å². The highest BCUT2D eigenvalue weighted by Crippen LogP contribution is 2.20. The summed E-state index contributed by atoms with van der Waals surface area (Å²) in [6.07, 6.45) is -0.0180. The molecule has 184 valence electrons. The van der Waals surface area contributed by atoms with Crippen molar-refractivity contribution < 1.29 is 23.1 Å². The number of carbonyl (C=O) groups excluding carboxylic acids is 2. The molecule has 4 aromatic carbocycles. The number of likely N-dealkylation sites (N-methyl/N-ethyl adjacent to an activating group) is 1. The van der Waals surface area contributed by atoms with Crippen molar-refractivity contribution in [1.82, 2.24) is 5.32 Å². The van der Waals surface area contributed by atoms with Gasteiger partial charge in [0.25, 0.3) is 0 Å². The summed E-state index contributed by atoms with van der Waals surface area (Å²) in [5, 5.41) is 4.84. The number of hydrogen-bond acceptors (Lipinski definition) is 3. The van der Waals surface area contributed by atoms with E-state index in [4.69, 9.17) is 4.74 Å². The second-order valence-corrected chi connectivity index (χ2v) is 8.56. The molecular weight excluding hydrogens is 462 g/mol. The Morgan fingerprint density at radius 1 is 0.861 bits per heavy atom. The van der Waals surface area contributed by atoms with Gasteiger partial charge in [-0.2, -0.15) is 0 Å². The number of nitrogens with zero attached hydrogens (tertiary/aromatic N) is 1.